The van der Waals surface area contributed by atoms with E-state index in [0.717, 1.165) is 29.0 Å². The van der Waals surface area contributed by atoms with Gasteiger partial charge in [-0.2, -0.15) is 0 Å². The molecule has 1 atom stereocenters. The standard InChI is InChI=1S/C24H31FN4O/c1-6-12-30-21-11-9-8-10-17(21)23-18-13-16(7-2)19(25)14-20(18)27-24(29(5)26)22(28-23)15(3)4/h8-11,13-15,22H,6-7,12,26H2,1-5H3. The zero-order valence-electron chi connectivity index (χ0n) is 18.4. The molecule has 0 spiro atoms. The van der Waals surface area contributed by atoms with E-state index in [1.807, 2.05) is 37.3 Å². The van der Waals surface area contributed by atoms with Gasteiger partial charge in [0.2, 0.25) is 0 Å². The molecule has 0 fully saturated rings. The van der Waals surface area contributed by atoms with Crippen LogP contribution in [-0.2, 0) is 6.42 Å². The number of nitrogens with zero attached hydrogens (tertiary/aromatic N) is 3. The number of halogens is 1. The molecule has 160 valence electrons. The monoisotopic (exact) mass is 410 g/mol. The molecule has 0 saturated heterocycles. The summed E-state index contributed by atoms with van der Waals surface area (Å²) in [4.78, 5) is 9.89. The number of hydrazine groups is 1. The maximum absolute atomic E-state index is 14.7. The van der Waals surface area contributed by atoms with E-state index < -0.39 is 0 Å². The summed E-state index contributed by atoms with van der Waals surface area (Å²) < 4.78 is 20.7. The van der Waals surface area contributed by atoms with Crippen molar-refractivity contribution < 1.29 is 9.13 Å². The van der Waals surface area contributed by atoms with Gasteiger partial charge in [0, 0.05) is 24.2 Å². The molecule has 1 heterocycles. The van der Waals surface area contributed by atoms with E-state index in [9.17, 15) is 4.39 Å². The van der Waals surface area contributed by atoms with Gasteiger partial charge in [0.15, 0.2) is 0 Å². The second kappa shape index (κ2) is 9.39. The lowest BCUT2D eigenvalue weighted by Crippen LogP contribution is -2.42. The highest BCUT2D eigenvalue weighted by atomic mass is 19.1. The second-order valence-electron chi connectivity index (χ2n) is 7.91. The maximum atomic E-state index is 14.7. The van der Waals surface area contributed by atoms with Crippen LogP contribution in [0.25, 0.3) is 0 Å². The van der Waals surface area contributed by atoms with E-state index in [0.29, 0.717) is 30.1 Å². The smallest absolute Gasteiger partial charge is 0.144 e. The topological polar surface area (TPSA) is 63.2 Å². The highest BCUT2D eigenvalue weighted by molar-refractivity contribution is 6.19. The van der Waals surface area contributed by atoms with Crippen molar-refractivity contribution in [3.63, 3.8) is 0 Å². The van der Waals surface area contributed by atoms with Crippen molar-refractivity contribution >= 4 is 17.2 Å². The van der Waals surface area contributed by atoms with E-state index in [1.165, 1.54) is 11.1 Å². The molecule has 3 rings (SSSR count). The van der Waals surface area contributed by atoms with E-state index in [2.05, 4.69) is 20.8 Å². The van der Waals surface area contributed by atoms with Gasteiger partial charge in [-0.3, -0.25) is 10.0 Å². The lowest BCUT2D eigenvalue weighted by molar-refractivity contribution is 0.317. The molecule has 30 heavy (non-hydrogen) atoms. The molecule has 0 radical (unpaired) electrons. The van der Waals surface area contributed by atoms with Crippen molar-refractivity contribution in [3.05, 3.63) is 58.9 Å². The van der Waals surface area contributed by atoms with Crippen molar-refractivity contribution in [1.29, 1.82) is 0 Å². The second-order valence-corrected chi connectivity index (χ2v) is 7.91. The molecule has 0 aliphatic carbocycles. The Morgan fingerprint density at radius 3 is 2.53 bits per heavy atom. The van der Waals surface area contributed by atoms with Gasteiger partial charge in [-0.05, 0) is 42.5 Å². The molecule has 0 amide bonds. The molecule has 1 aliphatic heterocycles. The first-order chi connectivity index (χ1) is 14.4. The number of rotatable bonds is 6. The predicted molar refractivity (Wildman–Crippen MR) is 121 cm³/mol. The fourth-order valence-electron chi connectivity index (χ4n) is 3.57. The summed E-state index contributed by atoms with van der Waals surface area (Å²) in [5.74, 6) is 7.37. The first-order valence-electron chi connectivity index (χ1n) is 10.6. The van der Waals surface area contributed by atoms with E-state index in [4.69, 9.17) is 20.6 Å². The van der Waals surface area contributed by atoms with Crippen molar-refractivity contribution in [2.75, 3.05) is 13.7 Å². The summed E-state index contributed by atoms with van der Waals surface area (Å²) in [7, 11) is 1.74. The van der Waals surface area contributed by atoms with Crippen LogP contribution in [0.2, 0.25) is 0 Å². The summed E-state index contributed by atoms with van der Waals surface area (Å²) in [6, 6.07) is 10.9. The van der Waals surface area contributed by atoms with E-state index >= 15 is 0 Å². The Balaban J connectivity index is 2.31. The minimum atomic E-state index is -0.269. The highest BCUT2D eigenvalue weighted by Crippen LogP contribution is 2.34. The van der Waals surface area contributed by atoms with Gasteiger partial charge in [0.05, 0.1) is 18.0 Å². The SMILES string of the molecule is CCCOc1ccccc1C1=NC(C(C)C)C(N(C)N)=Nc2cc(F)c(CC)cc21. The minimum Gasteiger partial charge on any atom is -0.493 e. The molecule has 2 aromatic rings. The Bertz CT molecular complexity index is 966. The van der Waals surface area contributed by atoms with E-state index in [-0.39, 0.29) is 17.8 Å². The number of amidine groups is 1. The Labute approximate surface area is 178 Å². The van der Waals surface area contributed by atoms with Crippen LogP contribution in [0.3, 0.4) is 0 Å². The molecule has 0 aromatic heterocycles. The van der Waals surface area contributed by atoms with Crippen LogP contribution in [0.1, 0.15) is 50.8 Å². The Kier molecular flexibility index (Phi) is 6.87. The molecule has 1 aliphatic rings. The quantitative estimate of drug-likeness (QED) is 0.545. The van der Waals surface area contributed by atoms with Crippen LogP contribution in [0, 0.1) is 11.7 Å². The average molecular weight is 411 g/mol. The summed E-state index contributed by atoms with van der Waals surface area (Å²) in [5.41, 5.74) is 3.59. The van der Waals surface area contributed by atoms with Gasteiger partial charge in [-0.15, -0.1) is 0 Å². The van der Waals surface area contributed by atoms with Gasteiger partial charge in [-0.1, -0.05) is 39.8 Å². The van der Waals surface area contributed by atoms with Gasteiger partial charge >= 0.3 is 0 Å². The van der Waals surface area contributed by atoms with Crippen molar-refractivity contribution in [2.24, 2.45) is 21.7 Å². The third kappa shape index (κ3) is 4.38. The number of fused-ring (bicyclic) bond motifs is 1. The molecular weight excluding hydrogens is 379 g/mol. The third-order valence-corrected chi connectivity index (χ3v) is 5.17. The normalized spacial score (nSPS) is 15.9. The third-order valence-electron chi connectivity index (χ3n) is 5.17. The van der Waals surface area contributed by atoms with Crippen molar-refractivity contribution in [2.45, 2.75) is 46.6 Å². The number of aryl methyl sites for hydroxylation is 1. The zero-order valence-corrected chi connectivity index (χ0v) is 18.4. The predicted octanol–water partition coefficient (Wildman–Crippen LogP) is 4.89. The fourth-order valence-corrected chi connectivity index (χ4v) is 3.57. The first-order valence-corrected chi connectivity index (χ1v) is 10.6. The van der Waals surface area contributed by atoms with Crippen LogP contribution in [-0.4, -0.2) is 36.3 Å². The summed E-state index contributed by atoms with van der Waals surface area (Å²) in [5, 5.41) is 1.48. The van der Waals surface area contributed by atoms with Gasteiger partial charge in [0.1, 0.15) is 23.4 Å². The number of aliphatic imine (C=N–C) groups is 2. The molecule has 1 unspecified atom stereocenters. The summed E-state index contributed by atoms with van der Waals surface area (Å²) in [6.07, 6.45) is 1.49. The lowest BCUT2D eigenvalue weighted by Gasteiger charge is -2.24. The molecular formula is C24H31FN4O. The number of likely N-dealkylation sites (N-methyl/N-ethyl adjacent to an activating group) is 1. The number of benzene rings is 2. The Morgan fingerprint density at radius 1 is 1.17 bits per heavy atom. The average Bonchev–Trinajstić information content (AvgIpc) is 2.88. The fraction of sp³-hybridized carbons (Fsp3) is 0.417. The molecule has 0 bridgehead atoms. The van der Waals surface area contributed by atoms with Crippen molar-refractivity contribution in [1.82, 2.24) is 5.01 Å². The van der Waals surface area contributed by atoms with Gasteiger partial charge in [0.25, 0.3) is 0 Å². The van der Waals surface area contributed by atoms with E-state index in [1.54, 1.807) is 7.05 Å². The van der Waals surface area contributed by atoms with Gasteiger partial charge in [-0.25, -0.2) is 15.2 Å². The number of hydrogen-bond acceptors (Lipinski definition) is 5. The summed E-state index contributed by atoms with van der Waals surface area (Å²) >= 11 is 0. The molecule has 5 nitrogen and oxygen atoms in total. The Morgan fingerprint density at radius 2 is 1.90 bits per heavy atom. The Hall–Kier alpha value is -2.73. The summed E-state index contributed by atoms with van der Waals surface area (Å²) in [6.45, 7) is 8.79. The molecule has 0 saturated carbocycles. The van der Waals surface area contributed by atoms with Gasteiger partial charge < -0.3 is 4.74 Å². The number of para-hydroxylation sites is 1. The maximum Gasteiger partial charge on any atom is 0.144 e. The number of nitrogens with two attached hydrogens (primary N) is 1. The van der Waals surface area contributed by atoms with Crippen LogP contribution in [0.4, 0.5) is 10.1 Å². The van der Waals surface area contributed by atoms with Crippen LogP contribution >= 0.6 is 0 Å². The molecule has 2 N–H and O–H groups in total. The lowest BCUT2D eigenvalue weighted by atomic mass is 9.96. The van der Waals surface area contributed by atoms with Crippen LogP contribution in [0.5, 0.6) is 5.75 Å². The molecule has 6 heteroatoms. The first kappa shape index (κ1) is 22.0. The minimum absolute atomic E-state index is 0.151. The van der Waals surface area contributed by atoms with Crippen LogP contribution < -0.4 is 10.6 Å². The largest absolute Gasteiger partial charge is 0.493 e. The van der Waals surface area contributed by atoms with Crippen molar-refractivity contribution in [3.8, 4) is 5.75 Å². The zero-order chi connectivity index (χ0) is 21.8. The van der Waals surface area contributed by atoms with Crippen LogP contribution in [0.15, 0.2) is 46.4 Å². The number of hydrogen-bond donors (Lipinski definition) is 1. The number of ether oxygens (including phenoxy) is 1. The highest BCUT2D eigenvalue weighted by Gasteiger charge is 2.29. The molecule has 2 aromatic carbocycles.